The highest BCUT2D eigenvalue weighted by atomic mass is 16.6. The van der Waals surface area contributed by atoms with Gasteiger partial charge in [0.05, 0.1) is 18.4 Å². The number of carbonyl (C=O) groups excluding carboxylic acids is 1. The van der Waals surface area contributed by atoms with Crippen LogP contribution in [0, 0.1) is 0 Å². The number of carbonyl (C=O) groups is 1. The topological polar surface area (TPSA) is 154 Å². The molecule has 0 unspecified atom stereocenters. The molecule has 0 saturated carbocycles. The van der Waals surface area contributed by atoms with Crippen LogP contribution in [0.1, 0.15) is 34.8 Å². The number of rotatable bonds is 8. The molecule has 0 aliphatic heterocycles. The van der Waals surface area contributed by atoms with Crippen LogP contribution in [0.5, 0.6) is 0 Å². The number of aliphatic hydroxyl groups is 1. The van der Waals surface area contributed by atoms with Crippen molar-refractivity contribution in [2.75, 3.05) is 18.9 Å². The molecule has 11 heteroatoms. The number of benzene rings is 1. The number of nitrogens with zero attached hydrogens (tertiary/aromatic N) is 5. The van der Waals surface area contributed by atoms with Gasteiger partial charge in [-0.1, -0.05) is 35.5 Å². The lowest BCUT2D eigenvalue weighted by atomic mass is 10.1. The van der Waals surface area contributed by atoms with Crippen molar-refractivity contribution in [2.24, 2.45) is 0 Å². The molecule has 0 aliphatic carbocycles. The van der Waals surface area contributed by atoms with Crippen LogP contribution in [0.25, 0.3) is 5.82 Å². The number of esters is 1. The van der Waals surface area contributed by atoms with Gasteiger partial charge < -0.3 is 20.9 Å². The van der Waals surface area contributed by atoms with Crippen LogP contribution >= 0.6 is 0 Å². The van der Waals surface area contributed by atoms with E-state index < -0.39 is 12.1 Å². The Morgan fingerprint density at radius 1 is 1.37 bits per heavy atom. The Morgan fingerprint density at radius 3 is 2.81 bits per heavy atom. The first-order valence-corrected chi connectivity index (χ1v) is 8.25. The fourth-order valence-electron chi connectivity index (χ4n) is 2.45. The van der Waals surface area contributed by atoms with Crippen LogP contribution in [0.2, 0.25) is 0 Å². The van der Waals surface area contributed by atoms with Crippen molar-refractivity contribution < 1.29 is 19.3 Å². The summed E-state index contributed by atoms with van der Waals surface area (Å²) in [5.41, 5.74) is 6.85. The fourth-order valence-corrected chi connectivity index (χ4v) is 2.45. The summed E-state index contributed by atoms with van der Waals surface area (Å²) in [6.07, 6.45) is -0.722. The number of ether oxygens (including phenoxy) is 1. The highest BCUT2D eigenvalue weighted by molar-refractivity contribution is 5.88. The van der Waals surface area contributed by atoms with Gasteiger partial charge in [0, 0.05) is 13.1 Å². The van der Waals surface area contributed by atoms with E-state index in [2.05, 4.69) is 30.6 Å². The molecule has 0 aliphatic rings. The largest absolute Gasteiger partial charge is 0.461 e. The molecule has 0 saturated heterocycles. The van der Waals surface area contributed by atoms with E-state index in [-0.39, 0.29) is 37.0 Å². The molecule has 0 spiro atoms. The maximum Gasteiger partial charge on any atom is 0.360 e. The summed E-state index contributed by atoms with van der Waals surface area (Å²) in [6.45, 7) is 2.27. The number of nitrogen functional groups attached to an aromatic ring is 1. The zero-order chi connectivity index (χ0) is 19.2. The first-order chi connectivity index (χ1) is 13.1. The molecule has 0 fully saturated rings. The molecule has 1 aromatic carbocycles. The van der Waals surface area contributed by atoms with Crippen LogP contribution in [-0.2, 0) is 11.3 Å². The monoisotopic (exact) mass is 373 g/mol. The Hall–Kier alpha value is -3.31. The average molecular weight is 373 g/mol. The van der Waals surface area contributed by atoms with E-state index in [0.717, 1.165) is 5.56 Å². The summed E-state index contributed by atoms with van der Waals surface area (Å²) >= 11 is 0. The van der Waals surface area contributed by atoms with Crippen molar-refractivity contribution in [1.82, 2.24) is 30.6 Å². The van der Waals surface area contributed by atoms with Crippen LogP contribution in [0.15, 0.2) is 35.0 Å². The van der Waals surface area contributed by atoms with Crippen LogP contribution in [0.3, 0.4) is 0 Å². The Labute approximate surface area is 154 Å². The molecule has 0 radical (unpaired) electrons. The van der Waals surface area contributed by atoms with Gasteiger partial charge in [-0.3, -0.25) is 0 Å². The number of hydrogen-bond donors (Lipinski definition) is 3. The molecule has 0 amide bonds. The number of anilines is 1. The third-order valence-electron chi connectivity index (χ3n) is 3.74. The van der Waals surface area contributed by atoms with Crippen molar-refractivity contribution in [1.29, 1.82) is 0 Å². The zero-order valence-electron chi connectivity index (χ0n) is 14.6. The lowest BCUT2D eigenvalue weighted by Crippen LogP contribution is -2.24. The first kappa shape index (κ1) is 18.5. The van der Waals surface area contributed by atoms with Gasteiger partial charge in [-0.25, -0.2) is 9.42 Å². The molecule has 0 bridgehead atoms. The predicted octanol–water partition coefficient (Wildman–Crippen LogP) is 0.232. The van der Waals surface area contributed by atoms with Crippen LogP contribution in [-0.4, -0.2) is 49.5 Å². The minimum Gasteiger partial charge on any atom is -0.461 e. The highest BCUT2D eigenvalue weighted by Crippen LogP contribution is 2.17. The quantitative estimate of drug-likeness (QED) is 0.467. The Kier molecular flexibility index (Phi) is 5.74. The van der Waals surface area contributed by atoms with Crippen molar-refractivity contribution >= 4 is 11.8 Å². The SMILES string of the molecule is CCOC(=O)c1nnn(-c2nonc2N)c1CNC[C@H](O)c1ccccc1. The second-order valence-corrected chi connectivity index (χ2v) is 5.55. The van der Waals surface area contributed by atoms with E-state index in [1.807, 2.05) is 30.3 Å². The van der Waals surface area contributed by atoms with Crippen molar-refractivity contribution in [3.63, 3.8) is 0 Å². The van der Waals surface area contributed by atoms with Gasteiger partial charge in [0.1, 0.15) is 0 Å². The molecule has 2 heterocycles. The molecule has 2 aromatic heterocycles. The van der Waals surface area contributed by atoms with E-state index in [1.54, 1.807) is 6.92 Å². The van der Waals surface area contributed by atoms with Gasteiger partial charge >= 0.3 is 5.97 Å². The fraction of sp³-hybridized carbons (Fsp3) is 0.312. The summed E-state index contributed by atoms with van der Waals surface area (Å²) in [5, 5.41) is 28.3. The van der Waals surface area contributed by atoms with E-state index in [4.69, 9.17) is 10.5 Å². The minimum atomic E-state index is -0.722. The summed E-state index contributed by atoms with van der Waals surface area (Å²) in [6, 6.07) is 9.21. The lowest BCUT2D eigenvalue weighted by molar-refractivity contribution is 0.0518. The smallest absolute Gasteiger partial charge is 0.360 e. The summed E-state index contributed by atoms with van der Waals surface area (Å²) in [4.78, 5) is 12.1. The van der Waals surface area contributed by atoms with Gasteiger partial charge in [-0.2, -0.15) is 4.68 Å². The van der Waals surface area contributed by atoms with Gasteiger partial charge in [0.15, 0.2) is 5.69 Å². The molecule has 4 N–H and O–H groups in total. The third-order valence-corrected chi connectivity index (χ3v) is 3.74. The van der Waals surface area contributed by atoms with E-state index >= 15 is 0 Å². The molecule has 142 valence electrons. The van der Waals surface area contributed by atoms with Crippen molar-refractivity contribution in [2.45, 2.75) is 19.6 Å². The third kappa shape index (κ3) is 4.10. The summed E-state index contributed by atoms with van der Waals surface area (Å²) in [5.74, 6) is -0.515. The summed E-state index contributed by atoms with van der Waals surface area (Å²) in [7, 11) is 0. The van der Waals surface area contributed by atoms with E-state index in [0.29, 0.717) is 5.69 Å². The Bertz CT molecular complexity index is 893. The summed E-state index contributed by atoms with van der Waals surface area (Å²) < 4.78 is 10.8. The van der Waals surface area contributed by atoms with Crippen molar-refractivity contribution in [3.8, 4) is 5.82 Å². The lowest BCUT2D eigenvalue weighted by Gasteiger charge is -2.12. The normalized spacial score (nSPS) is 12.1. The zero-order valence-corrected chi connectivity index (χ0v) is 14.6. The van der Waals surface area contributed by atoms with E-state index in [9.17, 15) is 9.90 Å². The predicted molar refractivity (Wildman–Crippen MR) is 92.7 cm³/mol. The number of hydrogen-bond acceptors (Lipinski definition) is 10. The average Bonchev–Trinajstić information content (AvgIpc) is 3.28. The standard InChI is InChI=1S/C16H19N7O4/c1-2-26-16(25)13-11(23(22-19-13)15-14(17)20-27-21-15)8-18-9-12(24)10-6-4-3-5-7-10/h3-7,12,18,24H,2,8-9H2,1H3,(H2,17,20)/t12-/m0/s1. The van der Waals surface area contributed by atoms with E-state index in [1.165, 1.54) is 4.68 Å². The van der Waals surface area contributed by atoms with Crippen LogP contribution in [0.4, 0.5) is 5.82 Å². The van der Waals surface area contributed by atoms with Gasteiger partial charge in [0.25, 0.3) is 0 Å². The maximum atomic E-state index is 12.1. The highest BCUT2D eigenvalue weighted by Gasteiger charge is 2.24. The number of nitrogens with two attached hydrogens (primary N) is 1. The second kappa shape index (κ2) is 8.38. The molecule has 3 rings (SSSR count). The molecule has 3 aromatic rings. The number of aliphatic hydroxyl groups excluding tert-OH is 1. The van der Waals surface area contributed by atoms with Crippen molar-refractivity contribution in [3.05, 3.63) is 47.3 Å². The first-order valence-electron chi connectivity index (χ1n) is 8.25. The Balaban J connectivity index is 1.78. The molecular formula is C16H19N7O4. The number of nitrogens with one attached hydrogen (secondary N) is 1. The second-order valence-electron chi connectivity index (χ2n) is 5.55. The Morgan fingerprint density at radius 2 is 2.15 bits per heavy atom. The van der Waals surface area contributed by atoms with Crippen LogP contribution < -0.4 is 11.1 Å². The van der Waals surface area contributed by atoms with Gasteiger partial charge in [0.2, 0.25) is 11.6 Å². The van der Waals surface area contributed by atoms with Gasteiger partial charge in [-0.05, 0) is 22.8 Å². The minimum absolute atomic E-state index is 0.000814. The molecule has 11 nitrogen and oxygen atoms in total. The molecule has 1 atom stereocenters. The van der Waals surface area contributed by atoms with Gasteiger partial charge in [-0.15, -0.1) is 5.10 Å². The molecular weight excluding hydrogens is 354 g/mol. The maximum absolute atomic E-state index is 12.1. The molecule has 27 heavy (non-hydrogen) atoms. The number of aromatic nitrogens is 5.